The van der Waals surface area contributed by atoms with Gasteiger partial charge in [0.15, 0.2) is 0 Å². The average Bonchev–Trinajstić information content (AvgIpc) is 3.09. The summed E-state index contributed by atoms with van der Waals surface area (Å²) in [5.41, 5.74) is 6.01. The van der Waals surface area contributed by atoms with E-state index in [0.29, 0.717) is 5.92 Å². The molecule has 0 heterocycles. The van der Waals surface area contributed by atoms with Crippen LogP contribution in [0.2, 0.25) is 0 Å². The van der Waals surface area contributed by atoms with Gasteiger partial charge in [-0.2, -0.15) is 18.1 Å². The Labute approximate surface area is 195 Å². The van der Waals surface area contributed by atoms with E-state index < -0.39 is 11.9 Å². The molecule has 0 saturated heterocycles. The van der Waals surface area contributed by atoms with Gasteiger partial charge in [-0.15, -0.1) is 11.6 Å². The van der Waals surface area contributed by atoms with Crippen molar-refractivity contribution in [3.63, 3.8) is 0 Å². The number of hydrogen-bond donors (Lipinski definition) is 2. The van der Waals surface area contributed by atoms with Crippen LogP contribution in [0.5, 0.6) is 0 Å². The first kappa shape index (κ1) is 23.6. The van der Waals surface area contributed by atoms with Gasteiger partial charge in [0.05, 0.1) is 11.1 Å². The topological polar surface area (TPSA) is 74.6 Å². The fourth-order valence-corrected chi connectivity index (χ4v) is 3.66. The summed E-state index contributed by atoms with van der Waals surface area (Å²) in [5, 5.41) is 17.4. The minimum Gasteiger partial charge on any atom is -0.478 e. The van der Waals surface area contributed by atoms with Gasteiger partial charge in [-0.25, -0.2) is 9.59 Å². The maximum Gasteiger partial charge on any atom is 0.335 e. The second-order valence-corrected chi connectivity index (χ2v) is 7.18. The molecule has 1 atom stereocenters. The van der Waals surface area contributed by atoms with Crippen molar-refractivity contribution in [3.8, 4) is 11.1 Å². The molecule has 0 spiro atoms. The minimum absolute atomic E-state index is 0. The van der Waals surface area contributed by atoms with Gasteiger partial charge < -0.3 is 10.2 Å². The average molecular weight is 479 g/mol. The number of aromatic carboxylic acids is 2. The third-order valence-electron chi connectivity index (χ3n) is 5.08. The Kier molecular flexibility index (Phi) is 8.19. The van der Waals surface area contributed by atoms with Crippen molar-refractivity contribution in [2.45, 2.75) is 20.3 Å². The minimum atomic E-state index is -1.11. The summed E-state index contributed by atoms with van der Waals surface area (Å²) in [4.78, 5) is 21.2. The number of carboxylic acids is 2. The fraction of sp³-hybridized carbons (Fsp3) is 0.160. The van der Waals surface area contributed by atoms with Gasteiger partial charge in [-0.3, -0.25) is 0 Å². The fourth-order valence-electron chi connectivity index (χ4n) is 3.66. The molecule has 3 aromatic carbocycles. The van der Waals surface area contributed by atoms with Gasteiger partial charge in [0.2, 0.25) is 0 Å². The predicted octanol–water partition coefficient (Wildman–Crippen LogP) is 5.49. The zero-order valence-corrected chi connectivity index (χ0v) is 19.4. The summed E-state index contributed by atoms with van der Waals surface area (Å²) in [6, 6.07) is 21.5. The monoisotopic (exact) mass is 477 g/mol. The van der Waals surface area contributed by atoms with Gasteiger partial charge in [0, 0.05) is 26.2 Å². The molecular weight excluding hydrogens is 455 g/mol. The Morgan fingerprint density at radius 2 is 1.43 bits per heavy atom. The molecule has 4 rings (SSSR count). The Bertz CT molecular complexity index is 1010. The summed E-state index contributed by atoms with van der Waals surface area (Å²) < 4.78 is 0. The zero-order valence-electron chi connectivity index (χ0n) is 16.9. The van der Waals surface area contributed by atoms with Crippen molar-refractivity contribution < 1.29 is 46.0 Å². The molecule has 152 valence electrons. The quantitative estimate of drug-likeness (QED) is 0.488. The summed E-state index contributed by atoms with van der Waals surface area (Å²) in [6.45, 7) is 3.77. The molecule has 0 radical (unpaired) electrons. The van der Waals surface area contributed by atoms with E-state index in [2.05, 4.69) is 61.9 Å². The number of hydrogen-bond acceptors (Lipinski definition) is 2. The molecule has 4 nitrogen and oxygen atoms in total. The van der Waals surface area contributed by atoms with Crippen molar-refractivity contribution in [2.24, 2.45) is 5.92 Å². The number of fused-ring (bicyclic) bond motifs is 1. The van der Waals surface area contributed by atoms with Gasteiger partial charge in [-0.1, -0.05) is 67.3 Å². The summed E-state index contributed by atoms with van der Waals surface area (Å²) >= 11 is 0. The van der Waals surface area contributed by atoms with E-state index in [1.807, 2.05) is 0 Å². The maximum atomic E-state index is 10.6. The first-order valence-corrected chi connectivity index (χ1v) is 9.47. The van der Waals surface area contributed by atoms with Crippen LogP contribution in [-0.2, 0) is 32.6 Å². The molecule has 1 unspecified atom stereocenters. The molecule has 30 heavy (non-hydrogen) atoms. The van der Waals surface area contributed by atoms with Crippen molar-refractivity contribution >= 4 is 11.9 Å². The third-order valence-corrected chi connectivity index (χ3v) is 5.08. The van der Waals surface area contributed by atoms with E-state index in [-0.39, 0.29) is 42.9 Å². The molecule has 0 aromatic heterocycles. The molecule has 5 heteroatoms. The number of carbonyl (C=O) groups is 2. The van der Waals surface area contributed by atoms with Crippen LogP contribution in [0.1, 0.15) is 44.3 Å². The first-order valence-electron chi connectivity index (χ1n) is 9.47. The van der Waals surface area contributed by atoms with Crippen LogP contribution in [-0.4, -0.2) is 22.2 Å². The first-order chi connectivity index (χ1) is 13.9. The summed E-state index contributed by atoms with van der Waals surface area (Å²) in [7, 11) is 0. The molecule has 0 saturated carbocycles. The molecule has 1 aliphatic rings. The smallest absolute Gasteiger partial charge is 0.335 e. The van der Waals surface area contributed by atoms with Crippen molar-refractivity contribution in [3.05, 3.63) is 101 Å². The number of rotatable bonds is 3. The standard InChI is InChI=1S/C16H15.C9H8O4.Zr/c1-12-10-14-8-5-9-15(16(14)11-12)13-6-3-2-4-7-13;1-5-6(8(10)11)3-2-4-7(5)9(12)13;/h2-10,12H,11H2,1H3;2-4H,1H3,(H,10,11)(H,12,13);/q-1;;. The van der Waals surface area contributed by atoms with Crippen LogP contribution in [0.25, 0.3) is 11.1 Å². The Morgan fingerprint density at radius 3 is 2.00 bits per heavy atom. The van der Waals surface area contributed by atoms with Crippen molar-refractivity contribution in [1.82, 2.24) is 0 Å². The van der Waals surface area contributed by atoms with E-state index in [9.17, 15) is 9.59 Å². The maximum absolute atomic E-state index is 10.6. The molecule has 1 aliphatic carbocycles. The number of benzene rings is 3. The molecular formula is C25H23O4Zr-. The van der Waals surface area contributed by atoms with E-state index in [1.165, 1.54) is 53.8 Å². The van der Waals surface area contributed by atoms with Gasteiger partial charge >= 0.3 is 11.9 Å². The second kappa shape index (κ2) is 10.4. The van der Waals surface area contributed by atoms with Crippen LogP contribution in [0.15, 0.2) is 66.7 Å². The molecule has 0 bridgehead atoms. The molecule has 0 fully saturated rings. The molecule has 0 amide bonds. The third kappa shape index (κ3) is 5.28. The van der Waals surface area contributed by atoms with Gasteiger partial charge in [0.25, 0.3) is 0 Å². The Morgan fingerprint density at radius 1 is 0.867 bits per heavy atom. The molecule has 0 aliphatic heterocycles. The van der Waals surface area contributed by atoms with Gasteiger partial charge in [0.1, 0.15) is 0 Å². The normalized spacial score (nSPS) is 13.7. The van der Waals surface area contributed by atoms with E-state index in [0.717, 1.165) is 0 Å². The van der Waals surface area contributed by atoms with Crippen LogP contribution in [0.3, 0.4) is 0 Å². The van der Waals surface area contributed by atoms with E-state index in [1.54, 1.807) is 0 Å². The zero-order chi connectivity index (χ0) is 21.0. The molecule has 2 N–H and O–H groups in total. The SMILES string of the molecule is CC1[CH-]c2cccc(-c3ccccc3)c2C1.Cc1c(C(=O)O)cccc1C(=O)O.[Zr]. The molecule has 3 aromatic rings. The summed E-state index contributed by atoms with van der Waals surface area (Å²) in [6.07, 6.45) is 3.56. The second-order valence-electron chi connectivity index (χ2n) is 7.18. The predicted molar refractivity (Wildman–Crippen MR) is 113 cm³/mol. The van der Waals surface area contributed by atoms with Crippen molar-refractivity contribution in [1.29, 1.82) is 0 Å². The summed E-state index contributed by atoms with van der Waals surface area (Å²) in [5.74, 6) is -1.54. The largest absolute Gasteiger partial charge is 0.478 e. The number of carboxylic acid groups (broad SMARTS) is 2. The van der Waals surface area contributed by atoms with Gasteiger partial charge in [-0.05, 0) is 30.2 Å². The van der Waals surface area contributed by atoms with E-state index in [4.69, 9.17) is 10.2 Å². The van der Waals surface area contributed by atoms with E-state index >= 15 is 0 Å². The Hall–Kier alpha value is -2.65. The van der Waals surface area contributed by atoms with Crippen molar-refractivity contribution in [2.75, 3.05) is 0 Å². The Balaban J connectivity index is 0.000000212. The van der Waals surface area contributed by atoms with Crippen LogP contribution in [0.4, 0.5) is 0 Å². The van der Waals surface area contributed by atoms with Crippen LogP contribution < -0.4 is 0 Å². The van der Waals surface area contributed by atoms with Crippen LogP contribution >= 0.6 is 0 Å². The van der Waals surface area contributed by atoms with Crippen LogP contribution in [0, 0.1) is 19.3 Å².